The summed E-state index contributed by atoms with van der Waals surface area (Å²) in [5, 5.41) is 3.03. The van der Waals surface area contributed by atoms with Crippen LogP contribution in [0, 0.1) is 6.92 Å². The molecule has 0 aliphatic carbocycles. The van der Waals surface area contributed by atoms with Crippen LogP contribution in [0.25, 0.3) is 0 Å². The van der Waals surface area contributed by atoms with E-state index in [1.807, 2.05) is 6.92 Å². The largest absolute Gasteiger partial charge is 0.339 e. The fourth-order valence-electron chi connectivity index (χ4n) is 3.20. The number of hydrogen-bond acceptors (Lipinski definition) is 4. The zero-order chi connectivity index (χ0) is 21.0. The van der Waals surface area contributed by atoms with Crippen molar-refractivity contribution in [2.45, 2.75) is 31.1 Å². The molecule has 0 spiro atoms. The molecule has 1 aliphatic heterocycles. The van der Waals surface area contributed by atoms with E-state index in [1.54, 1.807) is 29.2 Å². The zero-order valence-corrected chi connectivity index (χ0v) is 17.7. The lowest BCUT2D eigenvalue weighted by Crippen LogP contribution is -2.29. The number of halogens is 1. The van der Waals surface area contributed by atoms with E-state index in [1.165, 1.54) is 18.2 Å². The van der Waals surface area contributed by atoms with Crippen LogP contribution >= 0.6 is 11.6 Å². The van der Waals surface area contributed by atoms with Crippen molar-refractivity contribution in [2.24, 2.45) is 0 Å². The fraction of sp³-hybridized carbons (Fsp3) is 0.333. The molecule has 2 aromatic carbocycles. The van der Waals surface area contributed by atoms with Crippen molar-refractivity contribution in [1.82, 2.24) is 4.90 Å². The maximum atomic E-state index is 12.7. The van der Waals surface area contributed by atoms with Gasteiger partial charge in [-0.1, -0.05) is 29.3 Å². The maximum absolute atomic E-state index is 12.7. The van der Waals surface area contributed by atoms with Crippen LogP contribution in [0.15, 0.2) is 47.4 Å². The number of benzene rings is 2. The predicted molar refractivity (Wildman–Crippen MR) is 113 cm³/mol. The Kier molecular flexibility index (Phi) is 6.59. The average Bonchev–Trinajstić information content (AvgIpc) is 3.21. The van der Waals surface area contributed by atoms with Gasteiger partial charge in [-0.15, -0.1) is 0 Å². The number of hydrogen-bond donors (Lipinski definition) is 1. The minimum absolute atomic E-state index is 0.165. The molecule has 1 saturated heterocycles. The van der Waals surface area contributed by atoms with Gasteiger partial charge < -0.3 is 10.2 Å². The Morgan fingerprint density at radius 2 is 1.72 bits per heavy atom. The van der Waals surface area contributed by atoms with Gasteiger partial charge in [0.25, 0.3) is 5.91 Å². The Morgan fingerprint density at radius 1 is 1.07 bits per heavy atom. The van der Waals surface area contributed by atoms with E-state index in [9.17, 15) is 18.0 Å². The minimum Gasteiger partial charge on any atom is -0.339 e. The molecule has 2 aromatic rings. The number of anilines is 1. The van der Waals surface area contributed by atoms with E-state index in [-0.39, 0.29) is 23.0 Å². The van der Waals surface area contributed by atoms with Crippen LogP contribution in [0.4, 0.5) is 5.69 Å². The Hall–Kier alpha value is -2.38. The highest BCUT2D eigenvalue weighted by Crippen LogP contribution is 2.24. The van der Waals surface area contributed by atoms with E-state index in [2.05, 4.69) is 5.32 Å². The van der Waals surface area contributed by atoms with Crippen LogP contribution in [0.1, 0.15) is 35.2 Å². The van der Waals surface area contributed by atoms with Gasteiger partial charge in [-0.2, -0.15) is 0 Å². The summed E-state index contributed by atoms with van der Waals surface area (Å²) in [5.74, 6) is -0.974. The summed E-state index contributed by atoms with van der Waals surface area (Å²) in [7, 11) is -3.57. The van der Waals surface area contributed by atoms with Gasteiger partial charge in [0.1, 0.15) is 0 Å². The van der Waals surface area contributed by atoms with Crippen LogP contribution < -0.4 is 5.32 Å². The number of likely N-dealkylation sites (tertiary alicyclic amines) is 1. The highest BCUT2D eigenvalue weighted by atomic mass is 35.5. The number of carbonyl (C=O) groups is 2. The molecule has 0 atom stereocenters. The molecule has 1 fully saturated rings. The molecule has 1 heterocycles. The van der Waals surface area contributed by atoms with Gasteiger partial charge in [-0.25, -0.2) is 8.42 Å². The highest BCUT2D eigenvalue weighted by molar-refractivity contribution is 7.91. The lowest BCUT2D eigenvalue weighted by Gasteiger charge is -2.18. The first kappa shape index (κ1) is 21.3. The topological polar surface area (TPSA) is 83.5 Å². The summed E-state index contributed by atoms with van der Waals surface area (Å²) in [6.45, 7) is 3.24. The SMILES string of the molecule is Cc1ccc(S(=O)(=O)CCC(=O)Nc2cc(Cl)ccc2C(=O)N2CCCC2)cc1. The number of amides is 2. The number of carbonyl (C=O) groups excluding carboxylic acids is 2. The monoisotopic (exact) mass is 434 g/mol. The molecular formula is C21H23ClN2O4S. The minimum atomic E-state index is -3.57. The van der Waals surface area contributed by atoms with Crippen molar-refractivity contribution in [3.05, 3.63) is 58.6 Å². The second-order valence-corrected chi connectivity index (χ2v) is 9.66. The number of nitrogens with zero attached hydrogens (tertiary/aromatic N) is 1. The van der Waals surface area contributed by atoms with Gasteiger partial charge >= 0.3 is 0 Å². The Labute approximate surface area is 175 Å². The summed E-state index contributed by atoms with van der Waals surface area (Å²) < 4.78 is 24.9. The van der Waals surface area contributed by atoms with Crippen LogP contribution in [0.3, 0.4) is 0 Å². The predicted octanol–water partition coefficient (Wildman–Crippen LogP) is 3.69. The number of rotatable bonds is 6. The lowest BCUT2D eigenvalue weighted by molar-refractivity contribution is -0.115. The van der Waals surface area contributed by atoms with Crippen molar-refractivity contribution in [2.75, 3.05) is 24.2 Å². The Morgan fingerprint density at radius 3 is 2.38 bits per heavy atom. The molecule has 0 bridgehead atoms. The van der Waals surface area contributed by atoms with Crippen molar-refractivity contribution >= 4 is 38.9 Å². The summed E-state index contributed by atoms with van der Waals surface area (Å²) >= 11 is 6.03. The van der Waals surface area contributed by atoms with E-state index < -0.39 is 15.7 Å². The maximum Gasteiger partial charge on any atom is 0.255 e. The molecule has 0 radical (unpaired) electrons. The molecule has 0 unspecified atom stereocenters. The first-order chi connectivity index (χ1) is 13.8. The molecule has 154 valence electrons. The van der Waals surface area contributed by atoms with Crippen LogP contribution in [-0.2, 0) is 14.6 Å². The standard InChI is InChI=1S/C21H23ClN2O4S/c1-15-4-7-17(8-5-15)29(27,28)13-10-20(25)23-19-14-16(22)6-9-18(19)21(26)24-11-2-3-12-24/h4-9,14H,2-3,10-13H2,1H3,(H,23,25). The van der Waals surface area contributed by atoms with Crippen LogP contribution in [0.2, 0.25) is 5.02 Å². The summed E-state index contributed by atoms with van der Waals surface area (Å²) in [6.07, 6.45) is 1.69. The molecule has 0 saturated carbocycles. The van der Waals surface area contributed by atoms with Gasteiger partial charge in [-0.05, 0) is 50.1 Å². The number of aryl methyl sites for hydroxylation is 1. The van der Waals surface area contributed by atoms with E-state index in [4.69, 9.17) is 11.6 Å². The van der Waals surface area contributed by atoms with Gasteiger partial charge in [-0.3, -0.25) is 9.59 Å². The van der Waals surface area contributed by atoms with Crippen molar-refractivity contribution in [1.29, 1.82) is 0 Å². The third kappa shape index (κ3) is 5.36. The normalized spacial score (nSPS) is 14.1. The summed E-state index contributed by atoms with van der Waals surface area (Å²) in [4.78, 5) is 27.1. The first-order valence-corrected chi connectivity index (χ1v) is 11.5. The molecule has 1 aliphatic rings. The number of sulfone groups is 1. The van der Waals surface area contributed by atoms with Gasteiger partial charge in [0.05, 0.1) is 21.9 Å². The van der Waals surface area contributed by atoms with E-state index in [0.29, 0.717) is 29.4 Å². The van der Waals surface area contributed by atoms with Gasteiger partial charge in [0.2, 0.25) is 5.91 Å². The Balaban J connectivity index is 1.69. The fourth-order valence-corrected chi connectivity index (χ4v) is 4.61. The molecule has 3 rings (SSSR count). The third-order valence-corrected chi connectivity index (χ3v) is 6.82. The van der Waals surface area contributed by atoms with Crippen molar-refractivity contribution < 1.29 is 18.0 Å². The second-order valence-electron chi connectivity index (χ2n) is 7.12. The van der Waals surface area contributed by atoms with Gasteiger partial charge in [0, 0.05) is 24.5 Å². The zero-order valence-electron chi connectivity index (χ0n) is 16.2. The molecule has 0 aromatic heterocycles. The summed E-state index contributed by atoms with van der Waals surface area (Å²) in [5.41, 5.74) is 1.61. The quantitative estimate of drug-likeness (QED) is 0.751. The molecule has 1 N–H and O–H groups in total. The van der Waals surface area contributed by atoms with Crippen molar-refractivity contribution in [3.63, 3.8) is 0 Å². The highest BCUT2D eigenvalue weighted by Gasteiger charge is 2.23. The molecule has 29 heavy (non-hydrogen) atoms. The third-order valence-electron chi connectivity index (χ3n) is 4.86. The average molecular weight is 435 g/mol. The number of nitrogens with one attached hydrogen (secondary N) is 1. The van der Waals surface area contributed by atoms with Crippen LogP contribution in [-0.4, -0.2) is 44.0 Å². The first-order valence-electron chi connectivity index (χ1n) is 9.44. The lowest BCUT2D eigenvalue weighted by atomic mass is 10.1. The van der Waals surface area contributed by atoms with Crippen LogP contribution in [0.5, 0.6) is 0 Å². The van der Waals surface area contributed by atoms with Crippen molar-refractivity contribution in [3.8, 4) is 0 Å². The van der Waals surface area contributed by atoms with E-state index >= 15 is 0 Å². The molecule has 6 nitrogen and oxygen atoms in total. The van der Waals surface area contributed by atoms with Gasteiger partial charge in [0.15, 0.2) is 9.84 Å². The molecule has 8 heteroatoms. The molecular weight excluding hydrogens is 412 g/mol. The second kappa shape index (κ2) is 8.97. The Bertz CT molecular complexity index is 1010. The summed E-state index contributed by atoms with van der Waals surface area (Å²) in [6, 6.07) is 11.2. The smallest absolute Gasteiger partial charge is 0.255 e. The van der Waals surface area contributed by atoms with E-state index in [0.717, 1.165) is 18.4 Å². The molecule has 2 amide bonds.